The van der Waals surface area contributed by atoms with Gasteiger partial charge in [0.2, 0.25) is 0 Å². The molecule has 1 unspecified atom stereocenters. The molecule has 0 spiro atoms. The van der Waals surface area contributed by atoms with Gasteiger partial charge in [-0.25, -0.2) is 4.98 Å². The van der Waals surface area contributed by atoms with Crippen molar-refractivity contribution in [2.75, 3.05) is 19.6 Å². The summed E-state index contributed by atoms with van der Waals surface area (Å²) in [6.07, 6.45) is 4.02. The zero-order valence-electron chi connectivity index (χ0n) is 11.7. The van der Waals surface area contributed by atoms with Crippen molar-refractivity contribution in [3.8, 4) is 0 Å². The Hall–Kier alpha value is -0.940. The second-order valence-corrected chi connectivity index (χ2v) is 5.73. The van der Waals surface area contributed by atoms with Crippen LogP contribution in [0.25, 0.3) is 0 Å². The molecule has 5 heteroatoms. The van der Waals surface area contributed by atoms with Crippen molar-refractivity contribution in [2.24, 2.45) is 5.92 Å². The van der Waals surface area contributed by atoms with Gasteiger partial charge in [0.15, 0.2) is 0 Å². The molecule has 0 amide bonds. The molecule has 2 heterocycles. The van der Waals surface area contributed by atoms with Crippen LogP contribution in [-0.4, -0.2) is 45.8 Å². The van der Waals surface area contributed by atoms with Crippen LogP contribution < -0.4 is 5.32 Å². The van der Waals surface area contributed by atoms with E-state index in [-0.39, 0.29) is 6.04 Å². The Morgan fingerprint density at radius 3 is 2.67 bits per heavy atom. The number of nitrogens with one attached hydrogen (secondary N) is 2. The van der Waals surface area contributed by atoms with E-state index in [1.54, 1.807) is 6.33 Å². The van der Waals surface area contributed by atoms with Gasteiger partial charge in [-0.2, -0.15) is 5.10 Å². The Bertz CT molecular complexity index is 327. The highest BCUT2D eigenvalue weighted by Gasteiger charge is 2.21. The standard InChI is InChI=1S/C13H25N5/c1-10(2)8-18-6-4-12(5-7-18)16-11(3)13-14-9-15-17-13/h9-12,16H,4-8H2,1-3H3,(H,14,15,17). The third kappa shape index (κ3) is 3.78. The molecule has 1 fully saturated rings. The summed E-state index contributed by atoms with van der Waals surface area (Å²) in [6, 6.07) is 0.864. The number of hydrogen-bond donors (Lipinski definition) is 2. The van der Waals surface area contributed by atoms with Crippen LogP contribution in [0.5, 0.6) is 0 Å². The zero-order chi connectivity index (χ0) is 13.0. The molecule has 5 nitrogen and oxygen atoms in total. The molecule has 1 saturated heterocycles. The van der Waals surface area contributed by atoms with Crippen LogP contribution in [0.15, 0.2) is 6.33 Å². The first-order valence-corrected chi connectivity index (χ1v) is 6.99. The zero-order valence-corrected chi connectivity index (χ0v) is 11.7. The van der Waals surface area contributed by atoms with E-state index in [2.05, 4.69) is 46.2 Å². The highest BCUT2D eigenvalue weighted by Crippen LogP contribution is 2.15. The third-order valence-corrected chi connectivity index (χ3v) is 3.54. The van der Waals surface area contributed by atoms with Gasteiger partial charge < -0.3 is 10.2 Å². The maximum absolute atomic E-state index is 4.20. The monoisotopic (exact) mass is 251 g/mol. The quantitative estimate of drug-likeness (QED) is 0.834. The van der Waals surface area contributed by atoms with Crippen molar-refractivity contribution >= 4 is 0 Å². The largest absolute Gasteiger partial charge is 0.305 e. The maximum Gasteiger partial charge on any atom is 0.141 e. The summed E-state index contributed by atoms with van der Waals surface area (Å²) >= 11 is 0. The van der Waals surface area contributed by atoms with Crippen LogP contribution >= 0.6 is 0 Å². The SMILES string of the molecule is CC(C)CN1CCC(NC(C)c2ncn[nH]2)CC1. The molecule has 1 atom stereocenters. The molecule has 18 heavy (non-hydrogen) atoms. The fourth-order valence-electron chi connectivity index (χ4n) is 2.65. The van der Waals surface area contributed by atoms with Gasteiger partial charge in [0, 0.05) is 12.6 Å². The Labute approximate surface area is 109 Å². The second kappa shape index (κ2) is 6.29. The van der Waals surface area contributed by atoms with Gasteiger partial charge >= 0.3 is 0 Å². The molecule has 2 N–H and O–H groups in total. The summed E-state index contributed by atoms with van der Waals surface area (Å²) in [4.78, 5) is 6.77. The highest BCUT2D eigenvalue weighted by atomic mass is 15.2. The number of nitrogens with zero attached hydrogens (tertiary/aromatic N) is 3. The Morgan fingerprint density at radius 1 is 1.39 bits per heavy atom. The average Bonchev–Trinajstić information content (AvgIpc) is 2.84. The molecule has 0 aromatic carbocycles. The van der Waals surface area contributed by atoms with Crippen LogP contribution in [0, 0.1) is 5.92 Å². The minimum Gasteiger partial charge on any atom is -0.305 e. The Morgan fingerprint density at radius 2 is 2.11 bits per heavy atom. The van der Waals surface area contributed by atoms with Crippen molar-refractivity contribution in [3.05, 3.63) is 12.2 Å². The summed E-state index contributed by atoms with van der Waals surface area (Å²) in [5.41, 5.74) is 0. The Kier molecular flexibility index (Phi) is 4.72. The lowest BCUT2D eigenvalue weighted by atomic mass is 10.0. The van der Waals surface area contributed by atoms with E-state index < -0.39 is 0 Å². The number of aromatic amines is 1. The summed E-state index contributed by atoms with van der Waals surface area (Å²) < 4.78 is 0. The van der Waals surface area contributed by atoms with E-state index in [9.17, 15) is 0 Å². The van der Waals surface area contributed by atoms with Crippen LogP contribution in [-0.2, 0) is 0 Å². The topological polar surface area (TPSA) is 56.8 Å². The van der Waals surface area contributed by atoms with Crippen LogP contribution in [0.4, 0.5) is 0 Å². The Balaban J connectivity index is 1.73. The molecule has 0 radical (unpaired) electrons. The number of piperidine rings is 1. The number of aromatic nitrogens is 3. The average molecular weight is 251 g/mol. The van der Waals surface area contributed by atoms with E-state index in [0.29, 0.717) is 6.04 Å². The summed E-state index contributed by atoms with van der Waals surface area (Å²) in [5, 5.41) is 10.5. The number of H-pyrrole nitrogens is 1. The summed E-state index contributed by atoms with van der Waals surface area (Å²) in [6.45, 7) is 10.4. The number of rotatable bonds is 5. The lowest BCUT2D eigenvalue weighted by Crippen LogP contribution is -2.44. The summed E-state index contributed by atoms with van der Waals surface area (Å²) in [5.74, 6) is 1.70. The van der Waals surface area contributed by atoms with E-state index >= 15 is 0 Å². The molecule has 2 rings (SSSR count). The fraction of sp³-hybridized carbons (Fsp3) is 0.846. The van der Waals surface area contributed by atoms with E-state index in [1.165, 1.54) is 32.5 Å². The molecule has 1 aromatic rings. The smallest absolute Gasteiger partial charge is 0.141 e. The van der Waals surface area contributed by atoms with Crippen molar-refractivity contribution in [3.63, 3.8) is 0 Å². The van der Waals surface area contributed by atoms with Crippen LogP contribution in [0.2, 0.25) is 0 Å². The van der Waals surface area contributed by atoms with Crippen molar-refractivity contribution in [1.29, 1.82) is 0 Å². The summed E-state index contributed by atoms with van der Waals surface area (Å²) in [7, 11) is 0. The fourth-order valence-corrected chi connectivity index (χ4v) is 2.65. The number of hydrogen-bond acceptors (Lipinski definition) is 4. The number of likely N-dealkylation sites (tertiary alicyclic amines) is 1. The molecule has 102 valence electrons. The highest BCUT2D eigenvalue weighted by molar-refractivity contribution is 4.91. The van der Waals surface area contributed by atoms with Crippen LogP contribution in [0.1, 0.15) is 45.5 Å². The minimum atomic E-state index is 0.258. The van der Waals surface area contributed by atoms with Gasteiger partial charge in [-0.1, -0.05) is 13.8 Å². The predicted octanol–water partition coefficient (Wildman–Crippen LogP) is 1.58. The minimum absolute atomic E-state index is 0.258. The van der Waals surface area contributed by atoms with E-state index in [0.717, 1.165) is 11.7 Å². The normalized spacial score (nSPS) is 20.4. The van der Waals surface area contributed by atoms with Crippen molar-refractivity contribution in [1.82, 2.24) is 25.4 Å². The molecular weight excluding hydrogens is 226 g/mol. The van der Waals surface area contributed by atoms with Crippen LogP contribution in [0.3, 0.4) is 0 Å². The van der Waals surface area contributed by atoms with Gasteiger partial charge in [0.05, 0.1) is 6.04 Å². The van der Waals surface area contributed by atoms with E-state index in [4.69, 9.17) is 0 Å². The first-order chi connectivity index (χ1) is 8.65. The molecule has 0 bridgehead atoms. The lowest BCUT2D eigenvalue weighted by molar-refractivity contribution is 0.175. The van der Waals surface area contributed by atoms with Gasteiger partial charge in [0.25, 0.3) is 0 Å². The predicted molar refractivity (Wildman–Crippen MR) is 72.2 cm³/mol. The molecule has 0 aliphatic carbocycles. The van der Waals surface area contributed by atoms with Gasteiger partial charge in [-0.05, 0) is 38.8 Å². The first-order valence-electron chi connectivity index (χ1n) is 6.99. The molecule has 1 aliphatic rings. The third-order valence-electron chi connectivity index (χ3n) is 3.54. The lowest BCUT2D eigenvalue weighted by Gasteiger charge is -2.34. The van der Waals surface area contributed by atoms with Gasteiger partial charge in [-0.15, -0.1) is 0 Å². The molecular formula is C13H25N5. The molecule has 0 saturated carbocycles. The second-order valence-electron chi connectivity index (χ2n) is 5.73. The van der Waals surface area contributed by atoms with Gasteiger partial charge in [0.1, 0.15) is 12.2 Å². The van der Waals surface area contributed by atoms with Crippen molar-refractivity contribution in [2.45, 2.75) is 45.7 Å². The maximum atomic E-state index is 4.20. The van der Waals surface area contributed by atoms with Gasteiger partial charge in [-0.3, -0.25) is 5.10 Å². The first kappa shape index (κ1) is 13.5. The molecule has 1 aromatic heterocycles. The van der Waals surface area contributed by atoms with E-state index in [1.807, 2.05) is 0 Å². The van der Waals surface area contributed by atoms with Crippen molar-refractivity contribution < 1.29 is 0 Å². The molecule has 1 aliphatic heterocycles.